The Morgan fingerprint density at radius 3 is 2.76 bits per heavy atom. The zero-order valence-corrected chi connectivity index (χ0v) is 14.7. The first kappa shape index (κ1) is 16.5. The Morgan fingerprint density at radius 1 is 1.32 bits per heavy atom. The van der Waals surface area contributed by atoms with Crippen molar-refractivity contribution in [2.24, 2.45) is 5.92 Å². The number of allylic oxidation sites excluding steroid dienone is 1. The number of aromatic nitrogens is 2. The van der Waals surface area contributed by atoms with Crippen molar-refractivity contribution in [1.82, 2.24) is 14.9 Å². The van der Waals surface area contributed by atoms with Gasteiger partial charge in [-0.2, -0.15) is 0 Å². The summed E-state index contributed by atoms with van der Waals surface area (Å²) in [4.78, 5) is 22.2. The van der Waals surface area contributed by atoms with Crippen LogP contribution in [-0.4, -0.2) is 59.4 Å². The average Bonchev–Trinajstić information content (AvgIpc) is 3.18. The lowest BCUT2D eigenvalue weighted by atomic mass is 9.83. The Kier molecular flexibility index (Phi) is 4.02. The molecule has 3 aliphatic rings. The second-order valence-corrected chi connectivity index (χ2v) is 9.45. The summed E-state index contributed by atoms with van der Waals surface area (Å²) >= 11 is 0. The minimum Gasteiger partial charge on any atom is -0.463 e. The first-order valence-electron chi connectivity index (χ1n) is 8.62. The van der Waals surface area contributed by atoms with E-state index in [9.17, 15) is 13.2 Å². The number of hydrogen-bond donors (Lipinski definition) is 0. The second kappa shape index (κ2) is 6.09. The number of nitrogens with zero attached hydrogens (tertiary/aromatic N) is 3. The van der Waals surface area contributed by atoms with Crippen LogP contribution in [0.25, 0.3) is 0 Å². The molecule has 1 aromatic rings. The largest absolute Gasteiger partial charge is 0.463 e. The lowest BCUT2D eigenvalue weighted by molar-refractivity contribution is -0.133. The third-order valence-electron chi connectivity index (χ3n) is 5.57. The van der Waals surface area contributed by atoms with E-state index in [1.165, 1.54) is 0 Å². The van der Waals surface area contributed by atoms with Gasteiger partial charge in [-0.25, -0.2) is 18.4 Å². The van der Waals surface area contributed by atoms with Gasteiger partial charge in [0, 0.05) is 37.0 Å². The number of sulfone groups is 1. The van der Waals surface area contributed by atoms with E-state index in [2.05, 4.69) is 9.97 Å². The van der Waals surface area contributed by atoms with Gasteiger partial charge in [-0.3, -0.25) is 4.79 Å². The molecule has 0 saturated carbocycles. The molecule has 2 aliphatic heterocycles. The van der Waals surface area contributed by atoms with E-state index >= 15 is 0 Å². The Balaban J connectivity index is 1.45. The maximum atomic E-state index is 12.6. The maximum absolute atomic E-state index is 12.6. The number of carbonyl (C=O) groups is 1. The molecule has 25 heavy (non-hydrogen) atoms. The summed E-state index contributed by atoms with van der Waals surface area (Å²) in [5.74, 6) is 0.0145. The van der Waals surface area contributed by atoms with Gasteiger partial charge in [0.1, 0.15) is 4.75 Å². The van der Waals surface area contributed by atoms with E-state index in [0.717, 1.165) is 24.8 Å². The summed E-state index contributed by atoms with van der Waals surface area (Å²) in [5, 5.41) is 0. The van der Waals surface area contributed by atoms with Gasteiger partial charge in [-0.1, -0.05) is 6.08 Å². The molecule has 0 bridgehead atoms. The molecule has 2 fully saturated rings. The molecule has 1 spiro atoms. The van der Waals surface area contributed by atoms with Crippen LogP contribution in [0.1, 0.15) is 25.7 Å². The van der Waals surface area contributed by atoms with Gasteiger partial charge < -0.3 is 9.64 Å². The van der Waals surface area contributed by atoms with Crippen LogP contribution in [-0.2, 0) is 14.6 Å². The minimum absolute atomic E-state index is 0.00344. The van der Waals surface area contributed by atoms with Gasteiger partial charge in [0.2, 0.25) is 5.91 Å². The van der Waals surface area contributed by atoms with Crippen LogP contribution in [0.4, 0.5) is 0 Å². The Morgan fingerprint density at radius 2 is 2.08 bits per heavy atom. The molecular weight excluding hydrogens is 342 g/mol. The number of ether oxygens (including phenoxy) is 1. The lowest BCUT2D eigenvalue weighted by Gasteiger charge is -2.49. The van der Waals surface area contributed by atoms with E-state index in [-0.39, 0.29) is 43.3 Å². The fraction of sp³-hybridized carbons (Fsp3) is 0.588. The fourth-order valence-electron chi connectivity index (χ4n) is 4.05. The van der Waals surface area contributed by atoms with Crippen LogP contribution in [0.5, 0.6) is 6.01 Å². The zero-order valence-electron chi connectivity index (χ0n) is 13.9. The van der Waals surface area contributed by atoms with Crippen molar-refractivity contribution in [3.05, 3.63) is 30.1 Å². The average molecular weight is 363 g/mol. The van der Waals surface area contributed by atoms with Crippen LogP contribution >= 0.6 is 0 Å². The number of rotatable bonds is 4. The Hall–Kier alpha value is -1.96. The quantitative estimate of drug-likeness (QED) is 0.792. The summed E-state index contributed by atoms with van der Waals surface area (Å²) in [6.45, 7) is 0.804. The van der Waals surface area contributed by atoms with E-state index in [1.807, 2.05) is 6.08 Å². The predicted molar refractivity (Wildman–Crippen MR) is 90.7 cm³/mol. The molecular formula is C17H21N3O4S. The van der Waals surface area contributed by atoms with Gasteiger partial charge in [0.15, 0.2) is 9.84 Å². The molecule has 7 nitrogen and oxygen atoms in total. The van der Waals surface area contributed by atoms with E-state index < -0.39 is 14.6 Å². The van der Waals surface area contributed by atoms with Crippen molar-refractivity contribution in [2.75, 3.05) is 25.4 Å². The van der Waals surface area contributed by atoms with Crippen LogP contribution in [0.3, 0.4) is 0 Å². The molecule has 0 aromatic carbocycles. The molecule has 1 unspecified atom stereocenters. The highest BCUT2D eigenvalue weighted by atomic mass is 32.2. The van der Waals surface area contributed by atoms with E-state index in [1.54, 1.807) is 23.4 Å². The lowest BCUT2D eigenvalue weighted by Crippen LogP contribution is -2.69. The number of hydrogen-bond acceptors (Lipinski definition) is 6. The monoisotopic (exact) mass is 363 g/mol. The number of amides is 1. The Bertz CT molecular complexity index is 800. The smallest absolute Gasteiger partial charge is 0.316 e. The van der Waals surface area contributed by atoms with Gasteiger partial charge in [-0.15, -0.1) is 0 Å². The molecule has 0 radical (unpaired) electrons. The number of likely N-dealkylation sites (tertiary alicyclic amines) is 1. The molecule has 3 heterocycles. The van der Waals surface area contributed by atoms with Gasteiger partial charge in [-0.05, 0) is 31.7 Å². The van der Waals surface area contributed by atoms with Crippen LogP contribution in [0, 0.1) is 5.92 Å². The highest BCUT2D eigenvalue weighted by Gasteiger charge is 2.62. The molecule has 1 amide bonds. The first-order chi connectivity index (χ1) is 12.0. The molecule has 2 saturated heterocycles. The molecule has 1 aromatic heterocycles. The topological polar surface area (TPSA) is 89.5 Å². The van der Waals surface area contributed by atoms with Crippen LogP contribution < -0.4 is 4.74 Å². The summed E-state index contributed by atoms with van der Waals surface area (Å²) in [6, 6.07) is 1.95. The fourth-order valence-corrected chi connectivity index (χ4v) is 6.45. The van der Waals surface area contributed by atoms with Gasteiger partial charge in [0.25, 0.3) is 0 Å². The van der Waals surface area contributed by atoms with Gasteiger partial charge >= 0.3 is 6.01 Å². The molecule has 0 N–H and O–H groups in total. The standard InChI is InChI=1S/C17H21N3O4S/c21-15(13-4-1-2-5-13)20-11-17(12-20)14(6-9-25(17,22)23)10-24-16-18-7-3-8-19-16/h3-4,7-8,14H,1-2,5-6,9-12H2. The van der Waals surface area contributed by atoms with Crippen molar-refractivity contribution in [2.45, 2.75) is 30.4 Å². The van der Waals surface area contributed by atoms with Crippen molar-refractivity contribution in [3.8, 4) is 6.01 Å². The molecule has 1 aliphatic carbocycles. The van der Waals surface area contributed by atoms with Crippen molar-refractivity contribution in [1.29, 1.82) is 0 Å². The number of carbonyl (C=O) groups excluding carboxylic acids is 1. The van der Waals surface area contributed by atoms with E-state index in [0.29, 0.717) is 6.42 Å². The van der Waals surface area contributed by atoms with Crippen molar-refractivity contribution < 1.29 is 17.9 Å². The minimum atomic E-state index is -3.23. The summed E-state index contributed by atoms with van der Waals surface area (Å²) < 4.78 is 30.0. The predicted octanol–water partition coefficient (Wildman–Crippen LogP) is 0.981. The molecule has 134 valence electrons. The highest BCUT2D eigenvalue weighted by Crippen LogP contribution is 2.45. The Labute approximate surface area is 147 Å². The molecule has 4 rings (SSSR count). The summed E-state index contributed by atoms with van der Waals surface area (Å²) in [7, 11) is -3.23. The molecule has 8 heteroatoms. The summed E-state index contributed by atoms with van der Waals surface area (Å²) in [6.07, 6.45) is 8.44. The third-order valence-corrected chi connectivity index (χ3v) is 8.18. The normalized spacial score (nSPS) is 26.3. The maximum Gasteiger partial charge on any atom is 0.316 e. The zero-order chi connectivity index (χ0) is 17.5. The SMILES string of the molecule is O=C(C1=CCCC1)N1CC2(C1)C(COc1ncccn1)CCS2(=O)=O. The molecule has 1 atom stereocenters. The van der Waals surface area contributed by atoms with Gasteiger partial charge in [0.05, 0.1) is 12.4 Å². The third kappa shape index (κ3) is 2.72. The van der Waals surface area contributed by atoms with E-state index in [4.69, 9.17) is 4.74 Å². The first-order valence-corrected chi connectivity index (χ1v) is 10.3. The summed E-state index contributed by atoms with van der Waals surface area (Å²) in [5.41, 5.74) is 0.829. The van der Waals surface area contributed by atoms with Crippen LogP contribution in [0.15, 0.2) is 30.1 Å². The van der Waals surface area contributed by atoms with Crippen molar-refractivity contribution in [3.63, 3.8) is 0 Å². The highest BCUT2D eigenvalue weighted by molar-refractivity contribution is 7.93. The van der Waals surface area contributed by atoms with Crippen LogP contribution in [0.2, 0.25) is 0 Å². The van der Waals surface area contributed by atoms with Crippen molar-refractivity contribution >= 4 is 15.7 Å². The second-order valence-electron chi connectivity index (χ2n) is 6.99.